The van der Waals surface area contributed by atoms with Gasteiger partial charge in [-0.3, -0.25) is 9.59 Å². The van der Waals surface area contributed by atoms with Gasteiger partial charge in [-0.15, -0.1) is 0 Å². The predicted molar refractivity (Wildman–Crippen MR) is 82.2 cm³/mol. The van der Waals surface area contributed by atoms with Crippen molar-refractivity contribution in [3.8, 4) is 0 Å². The molecule has 2 rings (SSSR count). The maximum atomic E-state index is 13.0. The van der Waals surface area contributed by atoms with Gasteiger partial charge in [0.2, 0.25) is 0 Å². The maximum Gasteiger partial charge on any atom is 0.329 e. The first kappa shape index (κ1) is 15.7. The van der Waals surface area contributed by atoms with Gasteiger partial charge in [0.25, 0.3) is 0 Å². The zero-order valence-electron chi connectivity index (χ0n) is 11.2. The summed E-state index contributed by atoms with van der Waals surface area (Å²) in [5.74, 6) is -2.45. The SMILES string of the molecule is O=C(N/N=C/c1ccccc1Cl)C(=O)Nc1cccc(F)c1. The number of amides is 2. The number of halogens is 2. The first-order valence-corrected chi connectivity index (χ1v) is 6.58. The molecule has 7 heteroatoms. The third-order valence-electron chi connectivity index (χ3n) is 2.56. The first-order chi connectivity index (χ1) is 10.6. The highest BCUT2D eigenvalue weighted by atomic mass is 35.5. The van der Waals surface area contributed by atoms with Gasteiger partial charge in [0.1, 0.15) is 5.82 Å². The minimum absolute atomic E-state index is 0.176. The third-order valence-corrected chi connectivity index (χ3v) is 2.91. The summed E-state index contributed by atoms with van der Waals surface area (Å²) in [6.07, 6.45) is 1.32. The lowest BCUT2D eigenvalue weighted by molar-refractivity contribution is -0.136. The summed E-state index contributed by atoms with van der Waals surface area (Å²) in [6, 6.07) is 12.1. The van der Waals surface area contributed by atoms with Crippen LogP contribution in [-0.2, 0) is 9.59 Å². The molecule has 0 atom stereocenters. The number of carbonyl (C=O) groups is 2. The molecule has 5 nitrogen and oxygen atoms in total. The van der Waals surface area contributed by atoms with Crippen molar-refractivity contribution in [3.05, 3.63) is 64.9 Å². The van der Waals surface area contributed by atoms with E-state index in [0.29, 0.717) is 10.6 Å². The number of hydrogen-bond donors (Lipinski definition) is 2. The Bertz CT molecular complexity index is 734. The molecule has 2 aromatic carbocycles. The highest BCUT2D eigenvalue weighted by Crippen LogP contribution is 2.12. The predicted octanol–water partition coefficient (Wildman–Crippen LogP) is 2.57. The number of rotatable bonds is 3. The zero-order valence-corrected chi connectivity index (χ0v) is 12.0. The first-order valence-electron chi connectivity index (χ1n) is 6.21. The highest BCUT2D eigenvalue weighted by molar-refractivity contribution is 6.39. The minimum atomic E-state index is -0.979. The van der Waals surface area contributed by atoms with Gasteiger partial charge >= 0.3 is 11.8 Å². The van der Waals surface area contributed by atoms with Crippen LogP contribution in [0.1, 0.15) is 5.56 Å². The van der Waals surface area contributed by atoms with Crippen LogP contribution in [0.3, 0.4) is 0 Å². The van der Waals surface area contributed by atoms with Crippen molar-refractivity contribution in [1.29, 1.82) is 0 Å². The molecule has 0 aliphatic heterocycles. The van der Waals surface area contributed by atoms with Gasteiger partial charge in [-0.2, -0.15) is 5.10 Å². The third kappa shape index (κ3) is 4.39. The van der Waals surface area contributed by atoms with Crippen molar-refractivity contribution in [3.63, 3.8) is 0 Å². The molecule has 0 bridgehead atoms. The molecular formula is C15H11ClFN3O2. The fourth-order valence-corrected chi connectivity index (χ4v) is 1.73. The highest BCUT2D eigenvalue weighted by Gasteiger charge is 2.12. The fraction of sp³-hybridized carbons (Fsp3) is 0. The van der Waals surface area contributed by atoms with E-state index in [1.807, 2.05) is 0 Å². The van der Waals surface area contributed by atoms with Gasteiger partial charge in [0.15, 0.2) is 0 Å². The molecule has 0 fully saturated rings. The number of benzene rings is 2. The molecular weight excluding hydrogens is 309 g/mol. The van der Waals surface area contributed by atoms with Crippen LogP contribution in [0.2, 0.25) is 5.02 Å². The van der Waals surface area contributed by atoms with Crippen LogP contribution in [0.5, 0.6) is 0 Å². The van der Waals surface area contributed by atoms with E-state index in [1.165, 1.54) is 24.4 Å². The maximum absolute atomic E-state index is 13.0. The summed E-state index contributed by atoms with van der Waals surface area (Å²) < 4.78 is 13.0. The molecule has 0 aliphatic carbocycles. The largest absolute Gasteiger partial charge is 0.329 e. The Kier molecular flexibility index (Phi) is 5.21. The molecule has 22 heavy (non-hydrogen) atoms. The van der Waals surface area contributed by atoms with Crippen molar-refractivity contribution >= 4 is 35.3 Å². The lowest BCUT2D eigenvalue weighted by Gasteiger charge is -2.03. The average molecular weight is 320 g/mol. The second-order valence-electron chi connectivity index (χ2n) is 4.19. The summed E-state index contributed by atoms with van der Waals surface area (Å²) >= 11 is 5.91. The molecule has 0 aliphatic rings. The van der Waals surface area contributed by atoms with E-state index < -0.39 is 17.6 Å². The number of hydrogen-bond acceptors (Lipinski definition) is 3. The van der Waals surface area contributed by atoms with E-state index >= 15 is 0 Å². The number of anilines is 1. The Labute approximate surface area is 130 Å². The zero-order chi connectivity index (χ0) is 15.9. The number of nitrogens with one attached hydrogen (secondary N) is 2. The van der Waals surface area contributed by atoms with E-state index in [4.69, 9.17) is 11.6 Å². The van der Waals surface area contributed by atoms with Crippen LogP contribution in [0, 0.1) is 5.82 Å². The van der Waals surface area contributed by atoms with Gasteiger partial charge in [-0.1, -0.05) is 35.9 Å². The summed E-state index contributed by atoms with van der Waals surface area (Å²) in [5.41, 5.74) is 2.83. The van der Waals surface area contributed by atoms with E-state index in [0.717, 1.165) is 6.07 Å². The average Bonchev–Trinajstić information content (AvgIpc) is 2.49. The molecule has 0 saturated heterocycles. The number of hydrazone groups is 1. The van der Waals surface area contributed by atoms with Crippen molar-refractivity contribution in [1.82, 2.24) is 5.43 Å². The molecule has 0 heterocycles. The van der Waals surface area contributed by atoms with E-state index in [-0.39, 0.29) is 5.69 Å². The van der Waals surface area contributed by atoms with E-state index in [1.54, 1.807) is 24.3 Å². The van der Waals surface area contributed by atoms with E-state index in [2.05, 4.69) is 15.8 Å². The molecule has 0 aromatic heterocycles. The van der Waals surface area contributed by atoms with Gasteiger partial charge in [-0.25, -0.2) is 9.82 Å². The Hall–Kier alpha value is -2.73. The fourth-order valence-electron chi connectivity index (χ4n) is 1.55. The van der Waals surface area contributed by atoms with Gasteiger partial charge in [-0.05, 0) is 24.3 Å². The van der Waals surface area contributed by atoms with Gasteiger partial charge < -0.3 is 5.32 Å². The van der Waals surface area contributed by atoms with Crippen LogP contribution < -0.4 is 10.7 Å². The van der Waals surface area contributed by atoms with Gasteiger partial charge in [0.05, 0.1) is 6.21 Å². The van der Waals surface area contributed by atoms with Crippen molar-refractivity contribution < 1.29 is 14.0 Å². The van der Waals surface area contributed by atoms with Crippen LogP contribution in [0.15, 0.2) is 53.6 Å². The molecule has 0 radical (unpaired) electrons. The number of carbonyl (C=O) groups excluding carboxylic acids is 2. The van der Waals surface area contributed by atoms with Crippen LogP contribution in [0.25, 0.3) is 0 Å². The molecule has 0 spiro atoms. The summed E-state index contributed by atoms with van der Waals surface area (Å²) in [7, 11) is 0. The quantitative estimate of drug-likeness (QED) is 0.518. The summed E-state index contributed by atoms with van der Waals surface area (Å²) in [4.78, 5) is 23.1. The molecule has 2 N–H and O–H groups in total. The summed E-state index contributed by atoms with van der Waals surface area (Å²) in [6.45, 7) is 0. The van der Waals surface area contributed by atoms with Crippen LogP contribution in [-0.4, -0.2) is 18.0 Å². The molecule has 2 amide bonds. The smallest absolute Gasteiger partial charge is 0.318 e. The van der Waals surface area contributed by atoms with Crippen molar-refractivity contribution in [2.24, 2.45) is 5.10 Å². The molecule has 112 valence electrons. The normalized spacial score (nSPS) is 10.5. The Morgan fingerprint density at radius 3 is 2.59 bits per heavy atom. The Morgan fingerprint density at radius 1 is 1.09 bits per heavy atom. The van der Waals surface area contributed by atoms with Gasteiger partial charge in [0, 0.05) is 16.3 Å². The molecule has 2 aromatic rings. The number of nitrogens with zero attached hydrogens (tertiary/aromatic N) is 1. The Balaban J connectivity index is 1.92. The second kappa shape index (κ2) is 7.33. The van der Waals surface area contributed by atoms with Crippen molar-refractivity contribution in [2.75, 3.05) is 5.32 Å². The molecule has 0 saturated carbocycles. The summed E-state index contributed by atoms with van der Waals surface area (Å²) in [5, 5.41) is 6.35. The standard InChI is InChI=1S/C15H11ClFN3O2/c16-13-7-2-1-4-10(13)9-18-20-15(22)14(21)19-12-6-3-5-11(17)8-12/h1-9H,(H,19,21)(H,20,22)/b18-9+. The lowest BCUT2D eigenvalue weighted by atomic mass is 10.2. The second-order valence-corrected chi connectivity index (χ2v) is 4.59. The minimum Gasteiger partial charge on any atom is -0.318 e. The van der Waals surface area contributed by atoms with Crippen LogP contribution >= 0.6 is 11.6 Å². The Morgan fingerprint density at radius 2 is 1.86 bits per heavy atom. The van der Waals surface area contributed by atoms with Crippen LogP contribution in [0.4, 0.5) is 10.1 Å². The van der Waals surface area contributed by atoms with Crippen molar-refractivity contribution in [2.45, 2.75) is 0 Å². The van der Waals surface area contributed by atoms with E-state index in [9.17, 15) is 14.0 Å². The molecule has 0 unspecified atom stereocenters. The lowest BCUT2D eigenvalue weighted by Crippen LogP contribution is -2.32. The topological polar surface area (TPSA) is 70.6 Å². The monoisotopic (exact) mass is 319 g/mol.